The molecule has 0 aromatic carbocycles. The Labute approximate surface area is 316 Å². The standard InChI is InChI=1S/C26H46N7O18P3S/c1-15(35)55(9-4-8-34)10-7-28-17(36)5-6-29-24(39)21(38)26(2,3)12-48-54(45,46)51-53(43,44)47-11-16-20(50-52(40,41)42)19(37)25(49-16)33-14-32-18-22(27)30-13-31-23(18)33/h13-14,16,19-21,25,34,37-38,55H,4-12H2,1-3H3,(H,28,36)(H,29,39)(H,43,44)(H,45,46)(H2,27,30,31)(H2,40,41,42)/t16-,19-,20-,21?,25-/m1/s1. The van der Waals surface area contributed by atoms with Crippen molar-refractivity contribution in [3.8, 4) is 0 Å². The van der Waals surface area contributed by atoms with E-state index in [1.165, 1.54) is 20.8 Å². The summed E-state index contributed by atoms with van der Waals surface area (Å²) in [7, 11) is -17.4. The Morgan fingerprint density at radius 1 is 1.05 bits per heavy atom. The number of fused-ring (bicyclic) bond motifs is 1. The number of amides is 2. The number of nitrogens with two attached hydrogens (primary N) is 1. The van der Waals surface area contributed by atoms with Gasteiger partial charge in [-0.25, -0.2) is 28.6 Å². The van der Waals surface area contributed by atoms with E-state index in [1.54, 1.807) is 0 Å². The lowest BCUT2D eigenvalue weighted by atomic mass is 9.87. The number of aliphatic hydroxyl groups excluding tert-OH is 3. The van der Waals surface area contributed by atoms with Gasteiger partial charge in [-0.05, 0) is 17.9 Å². The van der Waals surface area contributed by atoms with Crippen molar-refractivity contribution in [2.24, 2.45) is 5.41 Å². The Kier molecular flexibility index (Phi) is 16.9. The molecular formula is C26H46N7O18P3S. The number of nitrogens with zero attached hydrogens (tertiary/aromatic N) is 4. The molecule has 8 atom stereocenters. The molecule has 0 saturated carbocycles. The molecule has 1 aliphatic heterocycles. The van der Waals surface area contributed by atoms with Gasteiger partial charge in [0.2, 0.25) is 11.8 Å². The number of nitrogen functional groups attached to an aromatic ring is 1. The second-order valence-electron chi connectivity index (χ2n) is 12.7. The first-order valence-electron chi connectivity index (χ1n) is 16.2. The Morgan fingerprint density at radius 3 is 2.36 bits per heavy atom. The predicted octanol–water partition coefficient (Wildman–Crippen LogP) is -1.66. The van der Waals surface area contributed by atoms with E-state index in [1.807, 2.05) is 0 Å². The molecule has 4 unspecified atom stereocenters. The van der Waals surface area contributed by atoms with E-state index in [9.17, 15) is 57.9 Å². The van der Waals surface area contributed by atoms with Crippen LogP contribution in [0.25, 0.3) is 11.2 Å². The number of ether oxygens (including phenoxy) is 1. The van der Waals surface area contributed by atoms with Crippen LogP contribution in [0.5, 0.6) is 0 Å². The van der Waals surface area contributed by atoms with Crippen LogP contribution in [0, 0.1) is 5.41 Å². The number of aromatic nitrogens is 4. The number of aliphatic hydroxyl groups is 3. The molecule has 3 rings (SSSR count). The number of anilines is 1. The SMILES string of the molecule is CC(=O)[SH](CCCO)CCNC(=O)CCNC(=O)C(O)C(C)(C)COP(=O)(O)OP(=O)(O)OC[C@H]1O[C@@H](n2cnc3c(N)ncnc32)[C@H](O)[C@@H]1OP(=O)(O)O. The molecule has 0 bridgehead atoms. The Balaban J connectivity index is 1.51. The highest BCUT2D eigenvalue weighted by molar-refractivity contribution is 8.29. The normalized spacial score (nSPS) is 22.8. The van der Waals surface area contributed by atoms with E-state index in [-0.39, 0.29) is 48.2 Å². The summed E-state index contributed by atoms with van der Waals surface area (Å²) in [5.74, 6) is -0.508. The molecule has 1 aliphatic rings. The van der Waals surface area contributed by atoms with Crippen molar-refractivity contribution in [3.63, 3.8) is 0 Å². The zero-order chi connectivity index (χ0) is 41.4. The van der Waals surface area contributed by atoms with Crippen molar-refractivity contribution in [1.82, 2.24) is 30.2 Å². The van der Waals surface area contributed by atoms with Crippen molar-refractivity contribution >= 4 is 68.3 Å². The highest BCUT2D eigenvalue weighted by Gasteiger charge is 2.50. The molecule has 55 heavy (non-hydrogen) atoms. The van der Waals surface area contributed by atoms with Gasteiger partial charge >= 0.3 is 23.5 Å². The van der Waals surface area contributed by atoms with Gasteiger partial charge in [-0.3, -0.25) is 32.5 Å². The van der Waals surface area contributed by atoms with E-state index >= 15 is 0 Å². The molecular weight excluding hydrogens is 823 g/mol. The molecule has 1 fully saturated rings. The van der Waals surface area contributed by atoms with Gasteiger partial charge in [0.05, 0.1) is 19.5 Å². The van der Waals surface area contributed by atoms with Gasteiger partial charge in [-0.15, -0.1) is 0 Å². The number of phosphoric ester groups is 3. The third-order valence-electron chi connectivity index (χ3n) is 7.81. The molecule has 2 aromatic rings. The van der Waals surface area contributed by atoms with Gasteiger partial charge < -0.3 is 56.0 Å². The van der Waals surface area contributed by atoms with Crippen LogP contribution in [-0.4, -0.2) is 140 Å². The summed E-state index contributed by atoms with van der Waals surface area (Å²) in [6.45, 7) is 1.87. The molecule has 2 amide bonds. The van der Waals surface area contributed by atoms with Crippen molar-refractivity contribution in [2.75, 3.05) is 50.1 Å². The lowest BCUT2D eigenvalue weighted by Gasteiger charge is -2.30. The highest BCUT2D eigenvalue weighted by Crippen LogP contribution is 2.61. The number of nitrogens with one attached hydrogen (secondary N) is 2. The maximum atomic E-state index is 12.7. The number of carbonyl (C=O) groups is 3. The Bertz CT molecular complexity index is 1800. The molecule has 0 radical (unpaired) electrons. The molecule has 2 aromatic heterocycles. The minimum Gasteiger partial charge on any atom is -0.396 e. The number of hydrogen-bond donors (Lipinski definition) is 11. The molecule has 1 saturated heterocycles. The number of imidazole rings is 1. The summed E-state index contributed by atoms with van der Waals surface area (Å²) in [4.78, 5) is 87.3. The van der Waals surface area contributed by atoms with E-state index in [4.69, 9.17) is 24.6 Å². The van der Waals surface area contributed by atoms with Gasteiger partial charge in [0.25, 0.3) is 0 Å². The van der Waals surface area contributed by atoms with Crippen molar-refractivity contribution in [1.29, 1.82) is 0 Å². The molecule has 11 N–H and O–H groups in total. The molecule has 25 nitrogen and oxygen atoms in total. The second kappa shape index (κ2) is 19.8. The first-order chi connectivity index (χ1) is 25.5. The molecule has 0 aliphatic carbocycles. The number of hydrogen-bond acceptors (Lipinski definition) is 18. The highest BCUT2D eigenvalue weighted by atomic mass is 32.2. The number of rotatable bonds is 22. The number of thiol groups is 1. The van der Waals surface area contributed by atoms with Crippen molar-refractivity contribution < 1.29 is 85.6 Å². The topological polar surface area (TPSA) is 384 Å². The first-order valence-corrected chi connectivity index (χ1v) is 22.5. The van der Waals surface area contributed by atoms with Crippen LogP contribution in [0.15, 0.2) is 12.7 Å². The average molecular weight is 870 g/mol. The summed E-state index contributed by atoms with van der Waals surface area (Å²) < 4.78 is 62.0. The quantitative estimate of drug-likeness (QED) is 0.0466. The Morgan fingerprint density at radius 2 is 1.73 bits per heavy atom. The van der Waals surface area contributed by atoms with Gasteiger partial charge in [-0.1, -0.05) is 13.8 Å². The van der Waals surface area contributed by atoms with E-state index in [2.05, 4.69) is 34.4 Å². The smallest absolute Gasteiger partial charge is 0.396 e. The summed E-state index contributed by atoms with van der Waals surface area (Å²) in [6.07, 6.45) is -6.48. The largest absolute Gasteiger partial charge is 0.481 e. The van der Waals surface area contributed by atoms with E-state index in [0.29, 0.717) is 17.9 Å². The van der Waals surface area contributed by atoms with Crippen LogP contribution in [0.1, 0.15) is 39.8 Å². The second-order valence-corrected chi connectivity index (χ2v) is 19.5. The summed E-state index contributed by atoms with van der Waals surface area (Å²) in [6, 6.07) is 0. The molecule has 29 heteroatoms. The lowest BCUT2D eigenvalue weighted by Crippen LogP contribution is -2.46. The monoisotopic (exact) mass is 869 g/mol. The lowest BCUT2D eigenvalue weighted by molar-refractivity contribution is -0.137. The van der Waals surface area contributed by atoms with Crippen molar-refractivity contribution in [3.05, 3.63) is 12.7 Å². The number of phosphoric acid groups is 3. The van der Waals surface area contributed by atoms with Crippen LogP contribution < -0.4 is 16.4 Å². The van der Waals surface area contributed by atoms with E-state index < -0.39 is 95.4 Å². The third-order valence-corrected chi connectivity index (χ3v) is 13.4. The zero-order valence-corrected chi connectivity index (χ0v) is 33.3. The Hall–Kier alpha value is -2.48. The van der Waals surface area contributed by atoms with Gasteiger partial charge in [0.15, 0.2) is 22.8 Å². The van der Waals surface area contributed by atoms with Crippen LogP contribution in [0.3, 0.4) is 0 Å². The number of carbonyl (C=O) groups excluding carboxylic acids is 3. The van der Waals surface area contributed by atoms with Crippen LogP contribution in [0.4, 0.5) is 5.82 Å². The minimum absolute atomic E-state index is 0.00497. The van der Waals surface area contributed by atoms with Crippen LogP contribution in [0.2, 0.25) is 0 Å². The summed E-state index contributed by atoms with van der Waals surface area (Å²) in [5, 5.41) is 35.3. The van der Waals surface area contributed by atoms with Crippen molar-refractivity contribution in [2.45, 2.75) is 64.3 Å². The van der Waals surface area contributed by atoms with Crippen LogP contribution in [-0.2, 0) is 50.7 Å². The predicted molar refractivity (Wildman–Crippen MR) is 191 cm³/mol. The zero-order valence-electron chi connectivity index (χ0n) is 29.7. The summed E-state index contributed by atoms with van der Waals surface area (Å²) >= 11 is 0. The van der Waals surface area contributed by atoms with Gasteiger partial charge in [0, 0.05) is 38.5 Å². The fourth-order valence-corrected chi connectivity index (χ4v) is 9.55. The minimum atomic E-state index is -5.57. The third kappa shape index (κ3) is 14.1. The fraction of sp³-hybridized carbons (Fsp3) is 0.692. The van der Waals surface area contributed by atoms with E-state index in [0.717, 1.165) is 17.2 Å². The van der Waals surface area contributed by atoms with Gasteiger partial charge in [0.1, 0.15) is 36.3 Å². The molecule has 3 heterocycles. The maximum absolute atomic E-state index is 12.7. The average Bonchev–Trinajstić information content (AvgIpc) is 3.64. The molecule has 0 spiro atoms. The maximum Gasteiger partial charge on any atom is 0.481 e. The fourth-order valence-electron chi connectivity index (χ4n) is 4.96. The van der Waals surface area contributed by atoms with Gasteiger partial charge in [-0.2, -0.15) is 15.2 Å². The molecule has 314 valence electrons. The van der Waals surface area contributed by atoms with Crippen LogP contribution >= 0.6 is 34.4 Å². The first kappa shape index (κ1) is 46.9. The summed E-state index contributed by atoms with van der Waals surface area (Å²) in [5.41, 5.74) is 4.24.